The van der Waals surface area contributed by atoms with Gasteiger partial charge >= 0.3 is 13.6 Å². The molecule has 0 heterocycles. The summed E-state index contributed by atoms with van der Waals surface area (Å²) in [4.78, 5) is 12.0. The molecule has 5 nitrogen and oxygen atoms in total. The second kappa shape index (κ2) is 7.39. The molecule has 110 valence electrons. The van der Waals surface area contributed by atoms with Gasteiger partial charge in [0.15, 0.2) is 0 Å². The van der Waals surface area contributed by atoms with E-state index in [1.807, 2.05) is 13.8 Å². The predicted molar refractivity (Wildman–Crippen MR) is 76.4 cm³/mol. The van der Waals surface area contributed by atoms with E-state index in [1.54, 1.807) is 36.4 Å². The minimum Gasteiger partial charge on any atom is -0.415 e. The van der Waals surface area contributed by atoms with E-state index >= 15 is 0 Å². The van der Waals surface area contributed by atoms with Crippen LogP contribution >= 0.6 is 7.60 Å². The van der Waals surface area contributed by atoms with Crippen molar-refractivity contribution >= 4 is 13.6 Å². The van der Waals surface area contributed by atoms with Crippen molar-refractivity contribution in [3.05, 3.63) is 47.5 Å². The molecule has 1 aromatic rings. The summed E-state index contributed by atoms with van der Waals surface area (Å²) in [5.41, 5.74) is 0.271. The molecule has 0 aliphatic heterocycles. The first-order valence-corrected chi connectivity index (χ1v) is 7.68. The molecule has 6 heteroatoms. The van der Waals surface area contributed by atoms with Crippen molar-refractivity contribution < 1.29 is 23.1 Å². The Morgan fingerprint density at radius 2 is 1.70 bits per heavy atom. The molecule has 0 amide bonds. The zero-order chi connectivity index (χ0) is 15.2. The number of ether oxygens (including phenoxy) is 1. The van der Waals surface area contributed by atoms with E-state index in [0.29, 0.717) is 5.56 Å². The quantitative estimate of drug-likeness (QED) is 0.454. The van der Waals surface area contributed by atoms with Gasteiger partial charge in [-0.2, -0.15) is 0 Å². The number of carbonyl (C=O) groups is 1. The average molecular weight is 298 g/mol. The van der Waals surface area contributed by atoms with Gasteiger partial charge in [-0.05, 0) is 24.1 Å². The van der Waals surface area contributed by atoms with Gasteiger partial charge in [0.25, 0.3) is 0 Å². The smallest absolute Gasteiger partial charge is 0.395 e. The van der Waals surface area contributed by atoms with Gasteiger partial charge in [-0.25, -0.2) is 4.79 Å². The molecule has 0 spiro atoms. The molecule has 0 saturated heterocycles. The summed E-state index contributed by atoms with van der Waals surface area (Å²) >= 11 is 0. The molecule has 0 aliphatic carbocycles. The lowest BCUT2D eigenvalue weighted by Crippen LogP contribution is -2.08. The van der Waals surface area contributed by atoms with Crippen LogP contribution in [-0.2, 0) is 18.3 Å². The average Bonchev–Trinajstić information content (AvgIpc) is 2.46. The van der Waals surface area contributed by atoms with Gasteiger partial charge in [0.05, 0.1) is 5.56 Å². The predicted octanol–water partition coefficient (Wildman–Crippen LogP) is 3.83. The molecule has 0 N–H and O–H groups in total. The molecule has 1 rings (SSSR count). The van der Waals surface area contributed by atoms with E-state index in [2.05, 4.69) is 0 Å². The highest BCUT2D eigenvalue weighted by Crippen LogP contribution is 2.55. The minimum atomic E-state index is -3.60. The Labute approximate surface area is 119 Å². The Bertz CT molecular complexity index is 514. The van der Waals surface area contributed by atoms with E-state index in [-0.39, 0.29) is 11.4 Å². The maximum atomic E-state index is 12.4. The van der Waals surface area contributed by atoms with Crippen LogP contribution in [0.4, 0.5) is 0 Å². The topological polar surface area (TPSA) is 61.8 Å². The maximum Gasteiger partial charge on any atom is 0.395 e. The fourth-order valence-corrected chi connectivity index (χ4v) is 2.63. The molecule has 0 aliphatic rings. The Morgan fingerprint density at radius 1 is 1.15 bits per heavy atom. The normalized spacial score (nSPS) is 12.6. The van der Waals surface area contributed by atoms with Crippen molar-refractivity contribution in [1.82, 2.24) is 0 Å². The van der Waals surface area contributed by atoms with Gasteiger partial charge in [0.2, 0.25) is 5.50 Å². The second-order valence-corrected chi connectivity index (χ2v) is 6.53. The molecule has 0 unspecified atom stereocenters. The van der Waals surface area contributed by atoms with Gasteiger partial charge in [0.1, 0.15) is 0 Å². The summed E-state index contributed by atoms with van der Waals surface area (Å²) in [6.07, 6.45) is 1.55. The van der Waals surface area contributed by atoms with Crippen molar-refractivity contribution in [3.63, 3.8) is 0 Å². The molecule has 0 bridgehead atoms. The van der Waals surface area contributed by atoms with Gasteiger partial charge in [-0.1, -0.05) is 32.0 Å². The van der Waals surface area contributed by atoms with E-state index < -0.39 is 13.6 Å². The summed E-state index contributed by atoms with van der Waals surface area (Å²) in [7, 11) is -1.11. The van der Waals surface area contributed by atoms with Gasteiger partial charge in [-0.15, -0.1) is 0 Å². The number of rotatable bonds is 6. The van der Waals surface area contributed by atoms with E-state index in [4.69, 9.17) is 13.8 Å². The third-order valence-corrected chi connectivity index (χ3v) is 4.17. The molecule has 1 aromatic carbocycles. The lowest BCUT2D eigenvalue weighted by molar-refractivity contribution is 0.0630. The lowest BCUT2D eigenvalue weighted by atomic mass is 10.2. The molecule has 0 atom stereocenters. The van der Waals surface area contributed by atoms with Crippen LogP contribution in [0.25, 0.3) is 0 Å². The summed E-state index contributed by atoms with van der Waals surface area (Å²) in [6.45, 7) is 3.73. The number of esters is 1. The highest BCUT2D eigenvalue weighted by molar-refractivity contribution is 7.58. The SMILES string of the molecule is COP(=O)(OC)/C(=C\C(C)C)OC(=O)c1ccccc1. The molecule has 0 aromatic heterocycles. The van der Waals surface area contributed by atoms with E-state index in [0.717, 1.165) is 0 Å². The van der Waals surface area contributed by atoms with Crippen LogP contribution in [0.5, 0.6) is 0 Å². The summed E-state index contributed by atoms with van der Waals surface area (Å²) < 4.78 is 27.3. The van der Waals surface area contributed by atoms with Crippen LogP contribution in [-0.4, -0.2) is 20.2 Å². The van der Waals surface area contributed by atoms with Gasteiger partial charge < -0.3 is 13.8 Å². The van der Waals surface area contributed by atoms with Crippen LogP contribution in [0.3, 0.4) is 0 Å². The zero-order valence-electron chi connectivity index (χ0n) is 12.0. The largest absolute Gasteiger partial charge is 0.415 e. The van der Waals surface area contributed by atoms with Crippen LogP contribution < -0.4 is 0 Å². The summed E-state index contributed by atoms with van der Waals surface area (Å²) in [5, 5.41) is 0. The minimum absolute atomic E-state index is 0.0206. The van der Waals surface area contributed by atoms with Crippen LogP contribution in [0.2, 0.25) is 0 Å². The molecule has 0 radical (unpaired) electrons. The van der Waals surface area contributed by atoms with Crippen LogP contribution in [0.1, 0.15) is 24.2 Å². The van der Waals surface area contributed by atoms with Gasteiger partial charge in [-0.3, -0.25) is 4.57 Å². The van der Waals surface area contributed by atoms with Crippen molar-refractivity contribution in [1.29, 1.82) is 0 Å². The summed E-state index contributed by atoms with van der Waals surface area (Å²) in [5.74, 6) is -0.584. The first kappa shape index (κ1) is 16.6. The molecular weight excluding hydrogens is 279 g/mol. The second-order valence-electron chi connectivity index (χ2n) is 4.37. The first-order valence-electron chi connectivity index (χ1n) is 6.14. The zero-order valence-corrected chi connectivity index (χ0v) is 12.9. The highest BCUT2D eigenvalue weighted by Gasteiger charge is 2.32. The first-order chi connectivity index (χ1) is 9.42. The van der Waals surface area contributed by atoms with Crippen LogP contribution in [0.15, 0.2) is 41.9 Å². The van der Waals surface area contributed by atoms with Crippen LogP contribution in [0, 0.1) is 5.92 Å². The van der Waals surface area contributed by atoms with Gasteiger partial charge in [0, 0.05) is 14.2 Å². The Morgan fingerprint density at radius 3 is 2.15 bits per heavy atom. The lowest BCUT2D eigenvalue weighted by Gasteiger charge is -2.17. The maximum absolute atomic E-state index is 12.4. The molecule has 0 fully saturated rings. The summed E-state index contributed by atoms with van der Waals surface area (Å²) in [6, 6.07) is 8.44. The number of hydrogen-bond donors (Lipinski definition) is 0. The van der Waals surface area contributed by atoms with Crippen molar-refractivity contribution in [2.45, 2.75) is 13.8 Å². The van der Waals surface area contributed by atoms with Crippen molar-refractivity contribution in [2.75, 3.05) is 14.2 Å². The Hall–Kier alpha value is -1.42. The molecule has 0 saturated carbocycles. The standard InChI is InChI=1S/C14H19O5P/c1-11(2)10-13(20(16,17-3)18-4)19-14(15)12-8-6-5-7-9-12/h5-11H,1-4H3/b13-10-. The fraction of sp³-hybridized carbons (Fsp3) is 0.357. The van der Waals surface area contributed by atoms with E-state index in [9.17, 15) is 9.36 Å². The Kier molecular flexibility index (Phi) is 6.14. The number of allylic oxidation sites excluding steroid dienone is 1. The van der Waals surface area contributed by atoms with E-state index in [1.165, 1.54) is 14.2 Å². The van der Waals surface area contributed by atoms with Crippen molar-refractivity contribution in [2.24, 2.45) is 5.92 Å². The third-order valence-electron chi connectivity index (χ3n) is 2.43. The number of hydrogen-bond acceptors (Lipinski definition) is 5. The monoisotopic (exact) mass is 298 g/mol. The number of carbonyl (C=O) groups excluding carboxylic acids is 1. The number of benzene rings is 1. The van der Waals surface area contributed by atoms with Crippen molar-refractivity contribution in [3.8, 4) is 0 Å². The fourth-order valence-electron chi connectivity index (χ4n) is 1.45. The molecule has 20 heavy (non-hydrogen) atoms. The molecular formula is C14H19O5P. The Balaban J connectivity index is 3.04. The highest BCUT2D eigenvalue weighted by atomic mass is 31.2. The third kappa shape index (κ3) is 4.30.